The lowest BCUT2D eigenvalue weighted by atomic mass is 10.2. The Morgan fingerprint density at radius 3 is 2.34 bits per heavy atom. The highest BCUT2D eigenvalue weighted by molar-refractivity contribution is 7.91. The molecule has 1 aromatic heterocycles. The number of amides is 1. The molecule has 0 atom stereocenters. The predicted molar refractivity (Wildman–Crippen MR) is 121 cm³/mol. The Labute approximate surface area is 187 Å². The highest BCUT2D eigenvalue weighted by Gasteiger charge is 2.39. The van der Waals surface area contributed by atoms with Crippen molar-refractivity contribution in [2.75, 3.05) is 26.2 Å². The summed E-state index contributed by atoms with van der Waals surface area (Å²) in [5.74, 6) is 0. The summed E-state index contributed by atoms with van der Waals surface area (Å²) in [6.45, 7) is 6.60. The first-order valence-corrected chi connectivity index (χ1v) is 12.0. The predicted octanol–water partition coefficient (Wildman–Crippen LogP) is 3.95. The van der Waals surface area contributed by atoms with Crippen LogP contribution in [0.3, 0.4) is 0 Å². The molecule has 9 heteroatoms. The van der Waals surface area contributed by atoms with Gasteiger partial charge in [-0.2, -0.15) is 0 Å². The molecule has 170 valence electrons. The summed E-state index contributed by atoms with van der Waals surface area (Å²) in [5, 5.41) is 11.9. The van der Waals surface area contributed by atoms with Gasteiger partial charge < -0.3 is 9.72 Å². The summed E-state index contributed by atoms with van der Waals surface area (Å²) in [6.07, 6.45) is 1.07. The molecule has 1 fully saturated rings. The first-order chi connectivity index (χ1) is 15.0. The quantitative estimate of drug-likeness (QED) is 0.579. The van der Waals surface area contributed by atoms with E-state index in [4.69, 9.17) is 4.74 Å². The average Bonchev–Trinajstić information content (AvgIpc) is 3.18. The van der Waals surface area contributed by atoms with E-state index in [1.807, 2.05) is 20.8 Å². The van der Waals surface area contributed by atoms with Crippen molar-refractivity contribution in [3.05, 3.63) is 54.7 Å². The van der Waals surface area contributed by atoms with Gasteiger partial charge in [0.2, 0.25) is 9.84 Å². The lowest BCUT2D eigenvalue weighted by Gasteiger charge is -2.38. The molecule has 0 radical (unpaired) electrons. The highest BCUT2D eigenvalue weighted by Crippen LogP contribution is 2.36. The number of hydrogen-bond acceptors (Lipinski definition) is 5. The molecule has 32 heavy (non-hydrogen) atoms. The van der Waals surface area contributed by atoms with E-state index in [0.29, 0.717) is 29.7 Å². The Kier molecular flexibility index (Phi) is 5.52. The van der Waals surface area contributed by atoms with Crippen molar-refractivity contribution in [1.29, 1.82) is 0 Å². The van der Waals surface area contributed by atoms with E-state index in [0.717, 1.165) is 0 Å². The number of nitrogens with one attached hydrogen (secondary N) is 1. The van der Waals surface area contributed by atoms with Crippen molar-refractivity contribution >= 4 is 32.5 Å². The fraction of sp³-hybridized carbons (Fsp3) is 0.348. The maximum Gasteiger partial charge on any atom is 0.410 e. The number of H-pyrrole nitrogens is 1. The van der Waals surface area contributed by atoms with Crippen LogP contribution in [0.15, 0.2) is 64.5 Å². The summed E-state index contributed by atoms with van der Waals surface area (Å²) in [4.78, 5) is 17.4. The zero-order valence-corrected chi connectivity index (χ0v) is 19.2. The molecular formula is C23H28N3O5S+. The number of rotatable bonds is 3. The molecule has 4 rings (SSSR count). The molecule has 2 heterocycles. The molecule has 1 aliphatic rings. The van der Waals surface area contributed by atoms with Gasteiger partial charge in [-0.1, -0.05) is 30.3 Å². The molecule has 2 aromatic carbocycles. The molecule has 0 aliphatic carbocycles. The number of hydrogen-bond donors (Lipinski definition) is 2. The molecule has 0 saturated carbocycles. The Morgan fingerprint density at radius 2 is 1.72 bits per heavy atom. The molecule has 8 nitrogen and oxygen atoms in total. The van der Waals surface area contributed by atoms with Gasteiger partial charge in [0.25, 0.3) is 0 Å². The largest absolute Gasteiger partial charge is 0.444 e. The van der Waals surface area contributed by atoms with Gasteiger partial charge in [-0.15, -0.1) is 4.65 Å². The van der Waals surface area contributed by atoms with Crippen molar-refractivity contribution in [3.63, 3.8) is 0 Å². The van der Waals surface area contributed by atoms with Crippen LogP contribution in [0.5, 0.6) is 0 Å². The standard InChI is InChI=1S/C23H28N3O5S/c1-23(2,3)31-22(27)25-12-14-26(28,15-13-25)19-11-7-10-18-20(16-24-21(18)19)32(29,30)17-8-5-4-6-9-17/h4-11,16,24,28H,12-15H2,1-3H3/q+1. The monoisotopic (exact) mass is 458 g/mol. The van der Waals surface area contributed by atoms with E-state index in [1.165, 1.54) is 6.20 Å². The van der Waals surface area contributed by atoms with E-state index in [-0.39, 0.29) is 22.9 Å². The second kappa shape index (κ2) is 7.91. The summed E-state index contributed by atoms with van der Waals surface area (Å²) < 4.78 is 31.4. The molecular weight excluding hydrogens is 430 g/mol. The first-order valence-electron chi connectivity index (χ1n) is 10.5. The van der Waals surface area contributed by atoms with Crippen LogP contribution in [0.2, 0.25) is 0 Å². The van der Waals surface area contributed by atoms with Crippen molar-refractivity contribution in [3.8, 4) is 0 Å². The van der Waals surface area contributed by atoms with Gasteiger partial charge in [0.1, 0.15) is 24.2 Å². The summed E-state index contributed by atoms with van der Waals surface area (Å²) in [7, 11) is -3.72. The van der Waals surface area contributed by atoms with Gasteiger partial charge in [0.15, 0.2) is 5.69 Å². The fourth-order valence-corrected chi connectivity index (χ4v) is 5.40. The average molecular weight is 459 g/mol. The highest BCUT2D eigenvalue weighted by atomic mass is 32.2. The van der Waals surface area contributed by atoms with Crippen LogP contribution in [0.1, 0.15) is 20.8 Å². The Balaban J connectivity index is 1.63. The maximum absolute atomic E-state index is 13.2. The number of fused-ring (bicyclic) bond motifs is 1. The van der Waals surface area contributed by atoms with Crippen LogP contribution < -0.4 is 4.65 Å². The number of ether oxygens (including phenoxy) is 1. The van der Waals surface area contributed by atoms with E-state index in [1.54, 1.807) is 53.4 Å². The lowest BCUT2D eigenvalue weighted by molar-refractivity contribution is -0.105. The molecule has 2 N–H and O–H groups in total. The van der Waals surface area contributed by atoms with Crippen molar-refractivity contribution in [1.82, 2.24) is 14.5 Å². The maximum atomic E-state index is 13.2. The molecule has 1 aliphatic heterocycles. The lowest BCUT2D eigenvalue weighted by Crippen LogP contribution is -2.60. The van der Waals surface area contributed by atoms with Crippen LogP contribution in [0.4, 0.5) is 10.5 Å². The third-order valence-corrected chi connectivity index (χ3v) is 7.39. The van der Waals surface area contributed by atoms with Gasteiger partial charge in [-0.3, -0.25) is 4.90 Å². The summed E-state index contributed by atoms with van der Waals surface area (Å²) >= 11 is 0. The number of sulfone groups is 1. The molecule has 0 unspecified atom stereocenters. The number of para-hydroxylation sites is 1. The number of hydroxylamine groups is 2. The number of benzene rings is 2. The molecule has 1 saturated heterocycles. The van der Waals surface area contributed by atoms with Crippen molar-refractivity contribution < 1.29 is 23.2 Å². The summed E-state index contributed by atoms with van der Waals surface area (Å²) in [6, 6.07) is 13.5. The zero-order chi connectivity index (χ0) is 23.1. The molecule has 1 amide bonds. The van der Waals surface area contributed by atoms with Crippen LogP contribution >= 0.6 is 0 Å². The second-order valence-corrected chi connectivity index (χ2v) is 10.9. The third kappa shape index (κ3) is 4.11. The van der Waals surface area contributed by atoms with Crippen LogP contribution in [0, 0.1) is 0 Å². The number of quaternary nitrogens is 1. The van der Waals surface area contributed by atoms with Crippen molar-refractivity contribution in [2.24, 2.45) is 0 Å². The van der Waals surface area contributed by atoms with Crippen LogP contribution in [-0.4, -0.2) is 61.4 Å². The van der Waals surface area contributed by atoms with E-state index < -0.39 is 26.2 Å². The SMILES string of the molecule is CC(C)(C)OC(=O)N1CC[N+](O)(c2cccc3c(S(=O)(=O)c4ccccc4)c[nH]c23)CC1. The number of carbonyl (C=O) groups is 1. The van der Waals surface area contributed by atoms with Gasteiger partial charge in [0, 0.05) is 17.6 Å². The number of nitrogens with zero attached hydrogens (tertiary/aromatic N) is 2. The third-order valence-electron chi connectivity index (χ3n) is 5.58. The number of aromatic amines is 1. The van der Waals surface area contributed by atoms with Gasteiger partial charge in [-0.05, 0) is 32.9 Å². The minimum atomic E-state index is -3.72. The number of piperazine rings is 1. The van der Waals surface area contributed by atoms with E-state index in [2.05, 4.69) is 4.98 Å². The molecule has 0 spiro atoms. The zero-order valence-electron chi connectivity index (χ0n) is 18.4. The minimum absolute atomic E-state index is 0.166. The topological polar surface area (TPSA) is 99.7 Å². The number of carbonyl (C=O) groups excluding carboxylic acids is 1. The van der Waals surface area contributed by atoms with Crippen molar-refractivity contribution in [2.45, 2.75) is 36.2 Å². The van der Waals surface area contributed by atoms with Gasteiger partial charge >= 0.3 is 6.09 Å². The second-order valence-electron chi connectivity index (χ2n) is 9.01. The molecule has 0 bridgehead atoms. The van der Waals surface area contributed by atoms with Gasteiger partial charge in [0.05, 0.1) is 22.9 Å². The fourth-order valence-electron chi connectivity index (χ4n) is 3.95. The number of aromatic nitrogens is 1. The van der Waals surface area contributed by atoms with E-state index in [9.17, 15) is 18.4 Å². The normalized spacial score (nSPS) is 16.8. The van der Waals surface area contributed by atoms with E-state index >= 15 is 0 Å². The smallest absolute Gasteiger partial charge is 0.410 e. The van der Waals surface area contributed by atoms with Gasteiger partial charge in [-0.25, -0.2) is 18.4 Å². The Hall–Kier alpha value is -2.88. The first kappa shape index (κ1) is 22.3. The minimum Gasteiger partial charge on any atom is -0.444 e. The van der Waals surface area contributed by atoms with Crippen LogP contribution in [-0.2, 0) is 14.6 Å². The van der Waals surface area contributed by atoms with Crippen LogP contribution in [0.25, 0.3) is 10.9 Å². The Bertz CT molecular complexity index is 1240. The summed E-state index contributed by atoms with van der Waals surface area (Å²) in [5.41, 5.74) is 0.548. The molecule has 3 aromatic rings. The Morgan fingerprint density at radius 1 is 1.06 bits per heavy atom.